The Morgan fingerprint density at radius 1 is 1.28 bits per heavy atom. The molecule has 0 atom stereocenters. The third-order valence-corrected chi connectivity index (χ3v) is 2.44. The maximum absolute atomic E-state index is 11.4. The van der Waals surface area contributed by atoms with Crippen molar-refractivity contribution in [2.24, 2.45) is 0 Å². The summed E-state index contributed by atoms with van der Waals surface area (Å²) in [5, 5.41) is 2.75. The van der Waals surface area contributed by atoms with Crippen molar-refractivity contribution >= 4 is 17.4 Å². The molecule has 4 heteroatoms. The molecule has 0 fully saturated rings. The fourth-order valence-electron chi connectivity index (χ4n) is 1.42. The highest BCUT2D eigenvalue weighted by molar-refractivity contribution is 5.98. The Morgan fingerprint density at radius 3 is 2.56 bits per heavy atom. The molecule has 0 heterocycles. The van der Waals surface area contributed by atoms with Gasteiger partial charge in [0.2, 0.25) is 5.91 Å². The highest BCUT2D eigenvalue weighted by Gasteiger charge is 2.09. The van der Waals surface area contributed by atoms with Gasteiger partial charge in [0.15, 0.2) is 5.78 Å². The first-order chi connectivity index (χ1) is 8.58. The Labute approximate surface area is 107 Å². The summed E-state index contributed by atoms with van der Waals surface area (Å²) in [6.07, 6.45) is 1.27. The predicted octanol–water partition coefficient (Wildman–Crippen LogP) is 3.03. The van der Waals surface area contributed by atoms with Crippen LogP contribution in [-0.4, -0.2) is 18.3 Å². The quantitative estimate of drug-likeness (QED) is 0.788. The average molecular weight is 249 g/mol. The van der Waals surface area contributed by atoms with Crippen LogP contribution in [0.4, 0.5) is 5.69 Å². The van der Waals surface area contributed by atoms with Gasteiger partial charge in [-0.05, 0) is 31.5 Å². The standard InChI is InChI=1S/C14H19NO3/c1-4-8-18-13-7-6-11(10(3)16)9-12(13)15-14(17)5-2/h6-7,9H,4-5,8H2,1-3H3,(H,15,17). The highest BCUT2D eigenvalue weighted by Crippen LogP contribution is 2.26. The molecule has 1 amide bonds. The van der Waals surface area contributed by atoms with E-state index < -0.39 is 0 Å². The van der Waals surface area contributed by atoms with Gasteiger partial charge in [0.05, 0.1) is 12.3 Å². The van der Waals surface area contributed by atoms with Crippen molar-refractivity contribution in [1.82, 2.24) is 0 Å². The van der Waals surface area contributed by atoms with Crippen LogP contribution in [0.3, 0.4) is 0 Å². The number of carbonyl (C=O) groups excluding carboxylic acids is 2. The van der Waals surface area contributed by atoms with Crippen molar-refractivity contribution in [2.75, 3.05) is 11.9 Å². The number of hydrogen-bond acceptors (Lipinski definition) is 3. The highest BCUT2D eigenvalue weighted by atomic mass is 16.5. The van der Waals surface area contributed by atoms with Gasteiger partial charge in [-0.25, -0.2) is 0 Å². The number of rotatable bonds is 6. The van der Waals surface area contributed by atoms with E-state index in [1.165, 1.54) is 6.92 Å². The normalized spacial score (nSPS) is 9.94. The summed E-state index contributed by atoms with van der Waals surface area (Å²) in [6.45, 7) is 5.85. The molecule has 1 aromatic carbocycles. The molecule has 0 aliphatic heterocycles. The number of ketones is 1. The minimum absolute atomic E-state index is 0.0379. The summed E-state index contributed by atoms with van der Waals surface area (Å²) in [6, 6.07) is 5.08. The molecule has 0 spiro atoms. The Balaban J connectivity index is 3.01. The van der Waals surface area contributed by atoms with Crippen molar-refractivity contribution < 1.29 is 14.3 Å². The fourth-order valence-corrected chi connectivity index (χ4v) is 1.42. The van der Waals surface area contributed by atoms with E-state index in [2.05, 4.69) is 5.32 Å². The summed E-state index contributed by atoms with van der Waals surface area (Å²) in [5.74, 6) is 0.463. The Morgan fingerprint density at radius 2 is 2.00 bits per heavy atom. The van der Waals surface area contributed by atoms with Crippen LogP contribution in [-0.2, 0) is 4.79 Å². The van der Waals surface area contributed by atoms with Gasteiger partial charge in [0, 0.05) is 12.0 Å². The lowest BCUT2D eigenvalue weighted by Gasteiger charge is -2.12. The summed E-state index contributed by atoms with van der Waals surface area (Å²) >= 11 is 0. The first-order valence-electron chi connectivity index (χ1n) is 6.16. The number of hydrogen-bond donors (Lipinski definition) is 1. The summed E-state index contributed by atoms with van der Waals surface area (Å²) in [5.41, 5.74) is 1.12. The lowest BCUT2D eigenvalue weighted by molar-refractivity contribution is -0.115. The molecule has 1 aromatic rings. The van der Waals surface area contributed by atoms with Crippen molar-refractivity contribution in [2.45, 2.75) is 33.6 Å². The predicted molar refractivity (Wildman–Crippen MR) is 71.2 cm³/mol. The Kier molecular flexibility index (Phi) is 5.36. The van der Waals surface area contributed by atoms with Crippen LogP contribution in [0.15, 0.2) is 18.2 Å². The molecule has 0 aromatic heterocycles. The maximum atomic E-state index is 11.4. The largest absolute Gasteiger partial charge is 0.491 e. The summed E-state index contributed by atoms with van der Waals surface area (Å²) in [7, 11) is 0. The SMILES string of the molecule is CCCOc1ccc(C(C)=O)cc1NC(=O)CC. The lowest BCUT2D eigenvalue weighted by Crippen LogP contribution is -2.12. The van der Waals surface area contributed by atoms with Crippen LogP contribution in [0.25, 0.3) is 0 Å². The van der Waals surface area contributed by atoms with Gasteiger partial charge in [-0.15, -0.1) is 0 Å². The number of ether oxygens (including phenoxy) is 1. The van der Waals surface area contributed by atoms with Crippen LogP contribution >= 0.6 is 0 Å². The third-order valence-electron chi connectivity index (χ3n) is 2.44. The van der Waals surface area contributed by atoms with Crippen LogP contribution in [0.2, 0.25) is 0 Å². The van der Waals surface area contributed by atoms with E-state index in [4.69, 9.17) is 4.74 Å². The molecule has 98 valence electrons. The zero-order valence-electron chi connectivity index (χ0n) is 11.1. The number of carbonyl (C=O) groups is 2. The van der Waals surface area contributed by atoms with Crippen LogP contribution in [0.5, 0.6) is 5.75 Å². The van der Waals surface area contributed by atoms with Crippen molar-refractivity contribution in [3.05, 3.63) is 23.8 Å². The second kappa shape index (κ2) is 6.79. The van der Waals surface area contributed by atoms with Gasteiger partial charge >= 0.3 is 0 Å². The van der Waals surface area contributed by atoms with Crippen LogP contribution < -0.4 is 10.1 Å². The van der Waals surface area contributed by atoms with Gasteiger partial charge in [0.1, 0.15) is 5.75 Å². The van der Waals surface area contributed by atoms with E-state index in [1.807, 2.05) is 6.92 Å². The van der Waals surface area contributed by atoms with Gasteiger partial charge in [-0.3, -0.25) is 9.59 Å². The maximum Gasteiger partial charge on any atom is 0.224 e. The van der Waals surface area contributed by atoms with E-state index >= 15 is 0 Å². The molecular formula is C14H19NO3. The topological polar surface area (TPSA) is 55.4 Å². The van der Waals surface area contributed by atoms with E-state index in [0.29, 0.717) is 30.0 Å². The molecule has 0 radical (unpaired) electrons. The third kappa shape index (κ3) is 3.87. The number of Topliss-reactive ketones (excluding diaryl/α,β-unsaturated/α-hetero) is 1. The number of anilines is 1. The lowest BCUT2D eigenvalue weighted by atomic mass is 10.1. The van der Waals surface area contributed by atoms with E-state index in [9.17, 15) is 9.59 Å². The molecule has 0 saturated carbocycles. The number of amides is 1. The monoisotopic (exact) mass is 249 g/mol. The Hall–Kier alpha value is -1.84. The number of nitrogens with one attached hydrogen (secondary N) is 1. The molecule has 0 aliphatic carbocycles. The minimum Gasteiger partial charge on any atom is -0.491 e. The molecule has 1 N–H and O–H groups in total. The molecule has 0 unspecified atom stereocenters. The van der Waals surface area contributed by atoms with Crippen LogP contribution in [0.1, 0.15) is 44.0 Å². The fraction of sp³-hybridized carbons (Fsp3) is 0.429. The zero-order valence-corrected chi connectivity index (χ0v) is 11.1. The first-order valence-corrected chi connectivity index (χ1v) is 6.16. The molecule has 18 heavy (non-hydrogen) atoms. The van der Waals surface area contributed by atoms with Crippen molar-refractivity contribution in [3.63, 3.8) is 0 Å². The molecule has 0 saturated heterocycles. The van der Waals surface area contributed by atoms with Crippen molar-refractivity contribution in [1.29, 1.82) is 0 Å². The summed E-state index contributed by atoms with van der Waals surface area (Å²) < 4.78 is 5.54. The molecular weight excluding hydrogens is 230 g/mol. The van der Waals surface area contributed by atoms with Gasteiger partial charge < -0.3 is 10.1 Å². The first kappa shape index (κ1) is 14.2. The average Bonchev–Trinajstić information content (AvgIpc) is 2.36. The molecule has 0 aliphatic rings. The second-order valence-corrected chi connectivity index (χ2v) is 4.02. The molecule has 4 nitrogen and oxygen atoms in total. The molecule has 0 bridgehead atoms. The van der Waals surface area contributed by atoms with Crippen LogP contribution in [0, 0.1) is 0 Å². The van der Waals surface area contributed by atoms with Crippen molar-refractivity contribution in [3.8, 4) is 5.75 Å². The second-order valence-electron chi connectivity index (χ2n) is 4.02. The minimum atomic E-state index is -0.1000. The summed E-state index contributed by atoms with van der Waals surface area (Å²) in [4.78, 5) is 22.8. The van der Waals surface area contributed by atoms with E-state index in [1.54, 1.807) is 25.1 Å². The zero-order chi connectivity index (χ0) is 13.5. The smallest absolute Gasteiger partial charge is 0.224 e. The van der Waals surface area contributed by atoms with Gasteiger partial charge in [-0.2, -0.15) is 0 Å². The molecule has 1 rings (SSSR count). The van der Waals surface area contributed by atoms with E-state index in [-0.39, 0.29) is 11.7 Å². The number of benzene rings is 1. The van der Waals surface area contributed by atoms with E-state index in [0.717, 1.165) is 6.42 Å². The van der Waals surface area contributed by atoms with Gasteiger partial charge in [-0.1, -0.05) is 13.8 Å². The Bertz CT molecular complexity index is 441. The van der Waals surface area contributed by atoms with Gasteiger partial charge in [0.25, 0.3) is 0 Å².